The fraction of sp³-hybridized carbons (Fsp3) is 0.500. The third-order valence-electron chi connectivity index (χ3n) is 2.71. The molecular formula is C12H16. The van der Waals surface area contributed by atoms with Crippen LogP contribution in [0.15, 0.2) is 23.3 Å². The number of hydrogen-bond acceptors (Lipinski definition) is 0. The Balaban J connectivity index is 2.80. The second-order valence-electron chi connectivity index (χ2n) is 3.50. The van der Waals surface area contributed by atoms with Gasteiger partial charge in [-0.25, -0.2) is 0 Å². The number of terminal acetylenes is 1. The zero-order valence-corrected chi connectivity index (χ0v) is 7.93. The molecule has 0 spiro atoms. The summed E-state index contributed by atoms with van der Waals surface area (Å²) < 4.78 is 0. The molecule has 1 atom stereocenters. The van der Waals surface area contributed by atoms with Gasteiger partial charge in [0.1, 0.15) is 0 Å². The fourth-order valence-corrected chi connectivity index (χ4v) is 1.69. The van der Waals surface area contributed by atoms with Crippen molar-refractivity contribution in [3.05, 3.63) is 23.3 Å². The molecule has 0 aromatic heterocycles. The Morgan fingerprint density at radius 3 is 3.00 bits per heavy atom. The maximum atomic E-state index is 5.17. The van der Waals surface area contributed by atoms with Gasteiger partial charge in [-0.15, -0.1) is 6.42 Å². The average Bonchev–Trinajstić information content (AvgIpc) is 2.08. The SMILES string of the molecule is C#C/C=C\C1=C(C)C(C)CCC1. The van der Waals surface area contributed by atoms with Gasteiger partial charge in [0, 0.05) is 0 Å². The van der Waals surface area contributed by atoms with Crippen molar-refractivity contribution in [1.29, 1.82) is 0 Å². The molecular weight excluding hydrogens is 144 g/mol. The molecule has 0 aliphatic heterocycles. The van der Waals surface area contributed by atoms with Gasteiger partial charge in [0.25, 0.3) is 0 Å². The standard InChI is InChI=1S/C12H16/c1-4-5-8-12-9-6-7-10(2)11(12)3/h1,5,8,10H,6-7,9H2,2-3H3/b8-5-. The van der Waals surface area contributed by atoms with Crippen LogP contribution in [0, 0.1) is 18.3 Å². The van der Waals surface area contributed by atoms with Crippen LogP contribution < -0.4 is 0 Å². The Hall–Kier alpha value is -0.960. The van der Waals surface area contributed by atoms with Crippen molar-refractivity contribution in [1.82, 2.24) is 0 Å². The highest BCUT2D eigenvalue weighted by atomic mass is 14.2. The highest BCUT2D eigenvalue weighted by Crippen LogP contribution is 2.29. The predicted molar refractivity (Wildman–Crippen MR) is 53.7 cm³/mol. The molecule has 1 rings (SSSR count). The van der Waals surface area contributed by atoms with E-state index in [-0.39, 0.29) is 0 Å². The van der Waals surface area contributed by atoms with Gasteiger partial charge in [-0.2, -0.15) is 0 Å². The molecule has 0 nitrogen and oxygen atoms in total. The molecule has 0 N–H and O–H groups in total. The zero-order chi connectivity index (χ0) is 8.97. The summed E-state index contributed by atoms with van der Waals surface area (Å²) in [4.78, 5) is 0. The molecule has 0 heterocycles. The van der Waals surface area contributed by atoms with E-state index >= 15 is 0 Å². The topological polar surface area (TPSA) is 0 Å². The van der Waals surface area contributed by atoms with Crippen LogP contribution in [0.1, 0.15) is 33.1 Å². The van der Waals surface area contributed by atoms with Crippen molar-refractivity contribution in [3.63, 3.8) is 0 Å². The van der Waals surface area contributed by atoms with Crippen LogP contribution in [-0.2, 0) is 0 Å². The summed E-state index contributed by atoms with van der Waals surface area (Å²) in [5.74, 6) is 3.28. The van der Waals surface area contributed by atoms with Crippen molar-refractivity contribution in [2.24, 2.45) is 5.92 Å². The van der Waals surface area contributed by atoms with E-state index in [0.29, 0.717) is 0 Å². The van der Waals surface area contributed by atoms with Crippen molar-refractivity contribution in [2.75, 3.05) is 0 Å². The van der Waals surface area contributed by atoms with E-state index in [4.69, 9.17) is 6.42 Å². The maximum absolute atomic E-state index is 5.17. The molecule has 0 fully saturated rings. The molecule has 0 heteroatoms. The van der Waals surface area contributed by atoms with Crippen molar-refractivity contribution in [2.45, 2.75) is 33.1 Å². The van der Waals surface area contributed by atoms with E-state index in [1.165, 1.54) is 30.4 Å². The average molecular weight is 160 g/mol. The van der Waals surface area contributed by atoms with E-state index < -0.39 is 0 Å². The van der Waals surface area contributed by atoms with E-state index in [9.17, 15) is 0 Å². The lowest BCUT2D eigenvalue weighted by atomic mass is 9.85. The molecule has 0 amide bonds. The minimum atomic E-state index is 0.746. The van der Waals surface area contributed by atoms with Gasteiger partial charge < -0.3 is 0 Å². The van der Waals surface area contributed by atoms with Gasteiger partial charge >= 0.3 is 0 Å². The first-order chi connectivity index (χ1) is 5.75. The lowest BCUT2D eigenvalue weighted by Gasteiger charge is -2.21. The van der Waals surface area contributed by atoms with Crippen LogP contribution in [0.3, 0.4) is 0 Å². The molecule has 12 heavy (non-hydrogen) atoms. The minimum absolute atomic E-state index is 0.746. The normalized spacial score (nSPS) is 24.6. The quantitative estimate of drug-likeness (QED) is 0.516. The summed E-state index contributed by atoms with van der Waals surface area (Å²) in [7, 11) is 0. The van der Waals surface area contributed by atoms with Crippen molar-refractivity contribution < 1.29 is 0 Å². The first kappa shape index (κ1) is 9.13. The van der Waals surface area contributed by atoms with Crippen molar-refractivity contribution in [3.8, 4) is 12.3 Å². The van der Waals surface area contributed by atoms with Gasteiger partial charge in [0.05, 0.1) is 0 Å². The molecule has 0 radical (unpaired) electrons. The van der Waals surface area contributed by atoms with E-state index in [1.807, 2.05) is 0 Å². The van der Waals surface area contributed by atoms with E-state index in [0.717, 1.165) is 5.92 Å². The van der Waals surface area contributed by atoms with Gasteiger partial charge in [-0.3, -0.25) is 0 Å². The third kappa shape index (κ3) is 2.01. The Kier molecular flexibility index (Phi) is 3.17. The highest BCUT2D eigenvalue weighted by molar-refractivity contribution is 5.31. The van der Waals surface area contributed by atoms with Crippen LogP contribution in [-0.4, -0.2) is 0 Å². The lowest BCUT2D eigenvalue weighted by molar-refractivity contribution is 0.541. The molecule has 0 bridgehead atoms. The van der Waals surface area contributed by atoms with Crippen LogP contribution in [0.4, 0.5) is 0 Å². The summed E-state index contributed by atoms with van der Waals surface area (Å²) in [6.07, 6.45) is 12.9. The third-order valence-corrected chi connectivity index (χ3v) is 2.71. The molecule has 0 saturated carbocycles. The monoisotopic (exact) mass is 160 g/mol. The number of hydrogen-bond donors (Lipinski definition) is 0. The largest absolute Gasteiger partial charge is 0.115 e. The molecule has 1 aliphatic rings. The molecule has 1 aliphatic carbocycles. The summed E-state index contributed by atoms with van der Waals surface area (Å²) >= 11 is 0. The van der Waals surface area contributed by atoms with Crippen LogP contribution in [0.5, 0.6) is 0 Å². The summed E-state index contributed by atoms with van der Waals surface area (Å²) in [5.41, 5.74) is 2.97. The molecule has 0 aromatic carbocycles. The molecule has 1 unspecified atom stereocenters. The Morgan fingerprint density at radius 1 is 1.58 bits per heavy atom. The van der Waals surface area contributed by atoms with Crippen LogP contribution in [0.25, 0.3) is 0 Å². The molecule has 64 valence electrons. The predicted octanol–water partition coefficient (Wildman–Crippen LogP) is 3.31. The van der Waals surface area contributed by atoms with Crippen LogP contribution in [0.2, 0.25) is 0 Å². The number of rotatable bonds is 1. The van der Waals surface area contributed by atoms with Gasteiger partial charge in [0.15, 0.2) is 0 Å². The second kappa shape index (κ2) is 4.16. The Morgan fingerprint density at radius 2 is 2.33 bits per heavy atom. The molecule has 0 aromatic rings. The number of allylic oxidation sites excluding steroid dienone is 4. The lowest BCUT2D eigenvalue weighted by Crippen LogP contribution is -2.05. The van der Waals surface area contributed by atoms with Crippen molar-refractivity contribution >= 4 is 0 Å². The summed E-state index contributed by atoms with van der Waals surface area (Å²) in [6, 6.07) is 0. The Labute approximate surface area is 75.4 Å². The maximum Gasteiger partial charge on any atom is -0.0119 e. The van der Waals surface area contributed by atoms with Gasteiger partial charge in [0.2, 0.25) is 0 Å². The smallest absolute Gasteiger partial charge is 0.0119 e. The first-order valence-electron chi connectivity index (χ1n) is 4.58. The zero-order valence-electron chi connectivity index (χ0n) is 7.93. The summed E-state index contributed by atoms with van der Waals surface area (Å²) in [6.45, 7) is 4.51. The minimum Gasteiger partial charge on any atom is -0.115 e. The van der Waals surface area contributed by atoms with Gasteiger partial charge in [-0.05, 0) is 43.8 Å². The van der Waals surface area contributed by atoms with E-state index in [1.54, 1.807) is 6.08 Å². The fourth-order valence-electron chi connectivity index (χ4n) is 1.69. The molecule has 0 saturated heterocycles. The Bertz CT molecular complexity index is 248. The first-order valence-corrected chi connectivity index (χ1v) is 4.58. The summed E-state index contributed by atoms with van der Waals surface area (Å²) in [5, 5.41) is 0. The highest BCUT2D eigenvalue weighted by Gasteiger charge is 2.13. The van der Waals surface area contributed by atoms with Crippen LogP contribution >= 0.6 is 0 Å². The van der Waals surface area contributed by atoms with E-state index in [2.05, 4.69) is 25.8 Å². The second-order valence-corrected chi connectivity index (χ2v) is 3.50. The van der Waals surface area contributed by atoms with Gasteiger partial charge in [-0.1, -0.05) is 24.5 Å².